The molecule has 0 aliphatic heterocycles. The highest BCUT2D eigenvalue weighted by atomic mass is 16.5. The molecule has 0 unspecified atom stereocenters. The van der Waals surface area contributed by atoms with Gasteiger partial charge >= 0.3 is 0 Å². The smallest absolute Gasteiger partial charge is 0.234 e. The summed E-state index contributed by atoms with van der Waals surface area (Å²) in [4.78, 5) is 11.5. The molecule has 5 nitrogen and oxygen atoms in total. The Labute approximate surface area is 111 Å². The van der Waals surface area contributed by atoms with Crippen LogP contribution in [0.1, 0.15) is 33.6 Å². The van der Waals surface area contributed by atoms with Crippen LogP contribution in [0.3, 0.4) is 0 Å². The van der Waals surface area contributed by atoms with Gasteiger partial charge in [0.15, 0.2) is 0 Å². The summed E-state index contributed by atoms with van der Waals surface area (Å²) in [6, 6.07) is 0. The van der Waals surface area contributed by atoms with Gasteiger partial charge in [0.2, 0.25) is 5.91 Å². The van der Waals surface area contributed by atoms with Crippen LogP contribution in [0.5, 0.6) is 0 Å². The Balaban J connectivity index is 3.23. The third kappa shape index (κ3) is 13.4. The standard InChI is InChI=1S/C13H28N2O3/c1-13(2,3)15-12(16)11-14-7-5-6-8-18-10-9-17-4/h14H,5-11H2,1-4H3,(H,15,16). The largest absolute Gasteiger partial charge is 0.382 e. The van der Waals surface area contributed by atoms with Gasteiger partial charge in [0.1, 0.15) is 0 Å². The monoisotopic (exact) mass is 260 g/mol. The van der Waals surface area contributed by atoms with Crippen molar-refractivity contribution in [2.75, 3.05) is 40.0 Å². The predicted octanol–water partition coefficient (Wildman–Crippen LogP) is 0.934. The van der Waals surface area contributed by atoms with Crippen molar-refractivity contribution >= 4 is 5.91 Å². The molecule has 0 aromatic carbocycles. The fraction of sp³-hybridized carbons (Fsp3) is 0.923. The molecular weight excluding hydrogens is 232 g/mol. The van der Waals surface area contributed by atoms with Crippen LogP contribution >= 0.6 is 0 Å². The van der Waals surface area contributed by atoms with Gasteiger partial charge in [0, 0.05) is 19.3 Å². The van der Waals surface area contributed by atoms with Crippen LogP contribution in [0.25, 0.3) is 0 Å². The summed E-state index contributed by atoms with van der Waals surface area (Å²) in [5.41, 5.74) is -0.159. The maximum Gasteiger partial charge on any atom is 0.234 e. The third-order valence-corrected chi connectivity index (χ3v) is 2.12. The highest BCUT2D eigenvalue weighted by Crippen LogP contribution is 1.97. The van der Waals surface area contributed by atoms with E-state index in [-0.39, 0.29) is 11.4 Å². The Hall–Kier alpha value is -0.650. The molecule has 1 amide bonds. The van der Waals surface area contributed by atoms with E-state index in [4.69, 9.17) is 9.47 Å². The maximum absolute atomic E-state index is 11.5. The molecule has 0 atom stereocenters. The van der Waals surface area contributed by atoms with Gasteiger partial charge in [-0.3, -0.25) is 4.79 Å². The zero-order valence-corrected chi connectivity index (χ0v) is 12.2. The number of carbonyl (C=O) groups is 1. The summed E-state index contributed by atoms with van der Waals surface area (Å²) in [5, 5.41) is 6.02. The summed E-state index contributed by atoms with van der Waals surface area (Å²) < 4.78 is 10.2. The maximum atomic E-state index is 11.5. The van der Waals surface area contributed by atoms with E-state index in [1.807, 2.05) is 20.8 Å². The van der Waals surface area contributed by atoms with E-state index in [0.717, 1.165) is 26.0 Å². The lowest BCUT2D eigenvalue weighted by molar-refractivity contribution is -0.121. The van der Waals surface area contributed by atoms with Crippen molar-refractivity contribution in [3.8, 4) is 0 Å². The van der Waals surface area contributed by atoms with E-state index in [0.29, 0.717) is 19.8 Å². The Kier molecular flexibility index (Phi) is 9.92. The van der Waals surface area contributed by atoms with Crippen molar-refractivity contribution in [3.05, 3.63) is 0 Å². The zero-order valence-electron chi connectivity index (χ0n) is 12.2. The fourth-order valence-electron chi connectivity index (χ4n) is 1.36. The predicted molar refractivity (Wildman–Crippen MR) is 72.7 cm³/mol. The Morgan fingerprint density at radius 2 is 1.83 bits per heavy atom. The molecule has 0 rings (SSSR count). The molecule has 18 heavy (non-hydrogen) atoms. The molecule has 0 aromatic rings. The number of hydrogen-bond acceptors (Lipinski definition) is 4. The van der Waals surface area contributed by atoms with E-state index >= 15 is 0 Å². The van der Waals surface area contributed by atoms with Crippen molar-refractivity contribution in [2.45, 2.75) is 39.2 Å². The molecule has 0 heterocycles. The van der Waals surface area contributed by atoms with E-state index in [9.17, 15) is 4.79 Å². The lowest BCUT2D eigenvalue weighted by Gasteiger charge is -2.20. The van der Waals surface area contributed by atoms with Crippen molar-refractivity contribution in [1.82, 2.24) is 10.6 Å². The number of methoxy groups -OCH3 is 1. The molecule has 5 heteroatoms. The number of unbranched alkanes of at least 4 members (excludes halogenated alkanes) is 1. The van der Waals surface area contributed by atoms with Crippen LogP contribution in [0, 0.1) is 0 Å². The molecule has 0 fully saturated rings. The lowest BCUT2D eigenvalue weighted by atomic mass is 10.1. The molecule has 0 aliphatic carbocycles. The molecule has 0 bridgehead atoms. The minimum absolute atomic E-state index is 0.0406. The van der Waals surface area contributed by atoms with Gasteiger partial charge in [-0.25, -0.2) is 0 Å². The quantitative estimate of drug-likeness (QED) is 0.574. The van der Waals surface area contributed by atoms with E-state index in [1.54, 1.807) is 7.11 Å². The average molecular weight is 260 g/mol. The van der Waals surface area contributed by atoms with Gasteiger partial charge in [-0.2, -0.15) is 0 Å². The Bertz CT molecular complexity index is 215. The normalized spacial score (nSPS) is 11.6. The molecule has 108 valence electrons. The van der Waals surface area contributed by atoms with Crippen molar-refractivity contribution in [2.24, 2.45) is 0 Å². The molecule has 0 aromatic heterocycles. The lowest BCUT2D eigenvalue weighted by Crippen LogP contribution is -2.44. The first-order valence-electron chi connectivity index (χ1n) is 6.54. The Morgan fingerprint density at radius 1 is 1.11 bits per heavy atom. The van der Waals surface area contributed by atoms with E-state index in [1.165, 1.54) is 0 Å². The minimum atomic E-state index is -0.159. The zero-order chi connectivity index (χ0) is 13.9. The molecular formula is C13H28N2O3. The van der Waals surface area contributed by atoms with Gasteiger partial charge in [-0.1, -0.05) is 0 Å². The van der Waals surface area contributed by atoms with Crippen LogP contribution in [-0.4, -0.2) is 51.5 Å². The Morgan fingerprint density at radius 3 is 2.44 bits per heavy atom. The SMILES string of the molecule is COCCOCCCCNCC(=O)NC(C)(C)C. The first-order chi connectivity index (χ1) is 8.45. The summed E-state index contributed by atoms with van der Waals surface area (Å²) in [5.74, 6) is 0.0406. The summed E-state index contributed by atoms with van der Waals surface area (Å²) in [7, 11) is 1.66. The first kappa shape index (κ1) is 17.4. The van der Waals surface area contributed by atoms with Gasteiger partial charge < -0.3 is 20.1 Å². The first-order valence-corrected chi connectivity index (χ1v) is 6.54. The number of hydrogen-bond donors (Lipinski definition) is 2. The van der Waals surface area contributed by atoms with Crippen LogP contribution in [0.4, 0.5) is 0 Å². The van der Waals surface area contributed by atoms with E-state index < -0.39 is 0 Å². The summed E-state index contributed by atoms with van der Waals surface area (Å²) >= 11 is 0. The van der Waals surface area contributed by atoms with Gasteiger partial charge in [-0.15, -0.1) is 0 Å². The second-order valence-corrected chi connectivity index (χ2v) is 5.29. The average Bonchev–Trinajstić information content (AvgIpc) is 2.24. The highest BCUT2D eigenvalue weighted by Gasteiger charge is 2.12. The molecule has 2 N–H and O–H groups in total. The molecule has 0 radical (unpaired) electrons. The van der Waals surface area contributed by atoms with E-state index in [2.05, 4.69) is 10.6 Å². The molecule has 0 spiro atoms. The number of rotatable bonds is 10. The van der Waals surface area contributed by atoms with Crippen LogP contribution in [0.15, 0.2) is 0 Å². The van der Waals surface area contributed by atoms with Crippen molar-refractivity contribution in [3.63, 3.8) is 0 Å². The topological polar surface area (TPSA) is 59.6 Å². The summed E-state index contributed by atoms with van der Waals surface area (Å²) in [6.07, 6.45) is 2.01. The number of amides is 1. The number of ether oxygens (including phenoxy) is 2. The summed E-state index contributed by atoms with van der Waals surface area (Å²) in [6.45, 7) is 9.18. The van der Waals surface area contributed by atoms with Crippen LogP contribution in [-0.2, 0) is 14.3 Å². The van der Waals surface area contributed by atoms with Crippen LogP contribution in [0.2, 0.25) is 0 Å². The third-order valence-electron chi connectivity index (χ3n) is 2.12. The van der Waals surface area contributed by atoms with Crippen LogP contribution < -0.4 is 10.6 Å². The second kappa shape index (κ2) is 10.3. The van der Waals surface area contributed by atoms with Gasteiger partial charge in [0.05, 0.1) is 19.8 Å². The highest BCUT2D eigenvalue weighted by molar-refractivity contribution is 5.78. The minimum Gasteiger partial charge on any atom is -0.382 e. The fourth-order valence-corrected chi connectivity index (χ4v) is 1.36. The van der Waals surface area contributed by atoms with Crippen molar-refractivity contribution < 1.29 is 14.3 Å². The van der Waals surface area contributed by atoms with Crippen molar-refractivity contribution in [1.29, 1.82) is 0 Å². The second-order valence-electron chi connectivity index (χ2n) is 5.29. The number of nitrogens with one attached hydrogen (secondary N) is 2. The molecule has 0 aliphatic rings. The number of carbonyl (C=O) groups excluding carboxylic acids is 1. The van der Waals surface area contributed by atoms with Gasteiger partial charge in [0.25, 0.3) is 0 Å². The van der Waals surface area contributed by atoms with Gasteiger partial charge in [-0.05, 0) is 40.2 Å². The molecule has 0 saturated carbocycles. The molecule has 0 saturated heterocycles.